The van der Waals surface area contributed by atoms with Gasteiger partial charge < -0.3 is 9.80 Å². The Balaban J connectivity index is 1.50. The lowest BCUT2D eigenvalue weighted by atomic mass is 10.2. The number of rotatable bonds is 3. The molecule has 0 spiro atoms. The van der Waals surface area contributed by atoms with Gasteiger partial charge in [-0.2, -0.15) is 0 Å². The Morgan fingerprint density at radius 1 is 0.862 bits per heavy atom. The molecule has 146 valence electrons. The fraction of sp³-hybridized carbons (Fsp3) is 0.273. The SMILES string of the molecule is Cc1csc(N2CCCN(c3nc(-c4ccncc4)nc4ccccc34)CC2)n1. The molecule has 0 radical (unpaired) electrons. The van der Waals surface area contributed by atoms with Gasteiger partial charge in [-0.1, -0.05) is 12.1 Å². The number of fused-ring (bicyclic) bond motifs is 1. The second-order valence-corrected chi connectivity index (χ2v) is 8.06. The zero-order valence-corrected chi connectivity index (χ0v) is 17.1. The highest BCUT2D eigenvalue weighted by atomic mass is 32.1. The Kier molecular flexibility index (Phi) is 4.81. The lowest BCUT2D eigenvalue weighted by molar-refractivity contribution is 0.798. The van der Waals surface area contributed by atoms with Gasteiger partial charge in [0.2, 0.25) is 0 Å². The van der Waals surface area contributed by atoms with Crippen LogP contribution in [0.3, 0.4) is 0 Å². The van der Waals surface area contributed by atoms with Gasteiger partial charge in [0.1, 0.15) is 5.82 Å². The van der Waals surface area contributed by atoms with Crippen LogP contribution in [-0.2, 0) is 0 Å². The smallest absolute Gasteiger partial charge is 0.185 e. The number of aryl methyl sites for hydroxylation is 1. The van der Waals surface area contributed by atoms with E-state index in [4.69, 9.17) is 9.97 Å². The largest absolute Gasteiger partial charge is 0.354 e. The van der Waals surface area contributed by atoms with Crippen molar-refractivity contribution in [2.75, 3.05) is 36.0 Å². The van der Waals surface area contributed by atoms with E-state index < -0.39 is 0 Å². The Morgan fingerprint density at radius 2 is 1.66 bits per heavy atom. The molecule has 1 aliphatic heterocycles. The second kappa shape index (κ2) is 7.75. The van der Waals surface area contributed by atoms with Crippen molar-refractivity contribution < 1.29 is 0 Å². The van der Waals surface area contributed by atoms with Crippen LogP contribution in [0.25, 0.3) is 22.3 Å². The molecule has 0 atom stereocenters. The van der Waals surface area contributed by atoms with Gasteiger partial charge in [-0.15, -0.1) is 11.3 Å². The number of aromatic nitrogens is 4. The molecule has 0 unspecified atom stereocenters. The third-order valence-electron chi connectivity index (χ3n) is 5.19. The van der Waals surface area contributed by atoms with Crippen molar-refractivity contribution >= 4 is 33.2 Å². The third kappa shape index (κ3) is 3.65. The summed E-state index contributed by atoms with van der Waals surface area (Å²) in [5, 5.41) is 4.34. The van der Waals surface area contributed by atoms with E-state index >= 15 is 0 Å². The Labute approximate surface area is 173 Å². The topological polar surface area (TPSA) is 58.0 Å². The van der Waals surface area contributed by atoms with Crippen LogP contribution in [0.1, 0.15) is 12.1 Å². The van der Waals surface area contributed by atoms with Gasteiger partial charge in [-0.05, 0) is 37.6 Å². The van der Waals surface area contributed by atoms with Gasteiger partial charge in [0.15, 0.2) is 11.0 Å². The first-order chi connectivity index (χ1) is 14.3. The number of para-hydroxylation sites is 1. The highest BCUT2D eigenvalue weighted by Crippen LogP contribution is 2.29. The molecule has 6 nitrogen and oxygen atoms in total. The predicted octanol–water partition coefficient (Wildman–Crippen LogP) is 4.17. The first kappa shape index (κ1) is 18.0. The number of anilines is 2. The quantitative estimate of drug-likeness (QED) is 0.513. The minimum absolute atomic E-state index is 0.748. The van der Waals surface area contributed by atoms with Crippen molar-refractivity contribution in [1.82, 2.24) is 19.9 Å². The molecule has 4 heterocycles. The van der Waals surface area contributed by atoms with Gasteiger partial charge in [-0.25, -0.2) is 15.0 Å². The van der Waals surface area contributed by atoms with Crippen molar-refractivity contribution in [3.63, 3.8) is 0 Å². The van der Waals surface area contributed by atoms with Crippen LogP contribution in [-0.4, -0.2) is 46.1 Å². The van der Waals surface area contributed by atoms with E-state index in [9.17, 15) is 0 Å². The standard InChI is InChI=1S/C22H22N6S/c1-16-15-29-22(24-16)28-12-4-11-27(13-14-28)21-18-5-2-3-6-19(18)25-20(26-21)17-7-9-23-10-8-17/h2-3,5-10,15H,4,11-14H2,1H3. The van der Waals surface area contributed by atoms with Crippen molar-refractivity contribution in [3.8, 4) is 11.4 Å². The van der Waals surface area contributed by atoms with Crippen LogP contribution in [0.2, 0.25) is 0 Å². The van der Waals surface area contributed by atoms with E-state index in [2.05, 4.69) is 50.3 Å². The third-order valence-corrected chi connectivity index (χ3v) is 6.21. The Bertz CT molecular complexity index is 1130. The zero-order valence-electron chi connectivity index (χ0n) is 16.3. The monoisotopic (exact) mass is 402 g/mol. The van der Waals surface area contributed by atoms with Gasteiger partial charge in [0.25, 0.3) is 0 Å². The first-order valence-corrected chi connectivity index (χ1v) is 10.7. The molecular formula is C22H22N6S. The summed E-state index contributed by atoms with van der Waals surface area (Å²) in [6, 6.07) is 12.2. The maximum absolute atomic E-state index is 4.99. The molecule has 1 fully saturated rings. The number of nitrogens with zero attached hydrogens (tertiary/aromatic N) is 6. The molecule has 7 heteroatoms. The van der Waals surface area contributed by atoms with Crippen molar-refractivity contribution in [3.05, 3.63) is 59.9 Å². The molecule has 5 rings (SSSR count). The molecule has 1 aliphatic rings. The second-order valence-electron chi connectivity index (χ2n) is 7.22. The summed E-state index contributed by atoms with van der Waals surface area (Å²) in [7, 11) is 0. The van der Waals surface area contributed by atoms with Crippen LogP contribution in [0.15, 0.2) is 54.2 Å². The van der Waals surface area contributed by atoms with Crippen LogP contribution in [0.4, 0.5) is 10.9 Å². The number of thiazole rings is 1. The summed E-state index contributed by atoms with van der Waals surface area (Å²) < 4.78 is 0. The van der Waals surface area contributed by atoms with Crippen LogP contribution < -0.4 is 9.80 Å². The summed E-state index contributed by atoms with van der Waals surface area (Å²) in [6.07, 6.45) is 4.64. The highest BCUT2D eigenvalue weighted by molar-refractivity contribution is 7.13. The fourth-order valence-corrected chi connectivity index (χ4v) is 4.60. The number of hydrogen-bond acceptors (Lipinski definition) is 7. The van der Waals surface area contributed by atoms with E-state index in [0.29, 0.717) is 0 Å². The molecule has 0 bridgehead atoms. The highest BCUT2D eigenvalue weighted by Gasteiger charge is 2.21. The van der Waals surface area contributed by atoms with Crippen LogP contribution in [0.5, 0.6) is 0 Å². The molecular weight excluding hydrogens is 380 g/mol. The molecule has 1 saturated heterocycles. The fourth-order valence-electron chi connectivity index (χ4n) is 3.74. The average molecular weight is 403 g/mol. The maximum Gasteiger partial charge on any atom is 0.185 e. The van der Waals surface area contributed by atoms with Gasteiger partial charge in [0, 0.05) is 54.9 Å². The van der Waals surface area contributed by atoms with E-state index in [-0.39, 0.29) is 0 Å². The van der Waals surface area contributed by atoms with Gasteiger partial charge in [0.05, 0.1) is 11.2 Å². The van der Waals surface area contributed by atoms with Crippen LogP contribution in [0, 0.1) is 6.92 Å². The minimum Gasteiger partial charge on any atom is -0.354 e. The molecule has 0 amide bonds. The number of benzene rings is 1. The summed E-state index contributed by atoms with van der Waals surface area (Å²) in [5.41, 5.74) is 3.05. The zero-order chi connectivity index (χ0) is 19.6. The molecule has 1 aromatic carbocycles. The first-order valence-electron chi connectivity index (χ1n) is 9.87. The van der Waals surface area contributed by atoms with Gasteiger partial charge >= 0.3 is 0 Å². The predicted molar refractivity (Wildman–Crippen MR) is 119 cm³/mol. The summed E-state index contributed by atoms with van der Waals surface area (Å²) in [4.78, 5) is 23.4. The van der Waals surface area contributed by atoms with E-state index in [1.54, 1.807) is 23.7 Å². The van der Waals surface area contributed by atoms with Crippen molar-refractivity contribution in [2.24, 2.45) is 0 Å². The number of hydrogen-bond donors (Lipinski definition) is 0. The molecule has 0 N–H and O–H groups in total. The molecule has 4 aromatic rings. The van der Waals surface area contributed by atoms with Crippen molar-refractivity contribution in [1.29, 1.82) is 0 Å². The molecule has 0 saturated carbocycles. The normalized spacial score (nSPS) is 14.9. The van der Waals surface area contributed by atoms with E-state index in [0.717, 1.165) is 71.5 Å². The van der Waals surface area contributed by atoms with Gasteiger partial charge in [-0.3, -0.25) is 4.98 Å². The van der Waals surface area contributed by atoms with E-state index in [1.807, 2.05) is 18.2 Å². The number of pyridine rings is 1. The molecule has 0 aliphatic carbocycles. The molecule has 3 aromatic heterocycles. The summed E-state index contributed by atoms with van der Waals surface area (Å²) in [6.45, 7) is 5.89. The molecule has 29 heavy (non-hydrogen) atoms. The summed E-state index contributed by atoms with van der Waals surface area (Å²) in [5.74, 6) is 1.76. The Morgan fingerprint density at radius 3 is 2.48 bits per heavy atom. The lowest BCUT2D eigenvalue weighted by Gasteiger charge is -2.24. The minimum atomic E-state index is 0.748. The lowest BCUT2D eigenvalue weighted by Crippen LogP contribution is -2.31. The van der Waals surface area contributed by atoms with E-state index in [1.165, 1.54) is 0 Å². The Hall–Kier alpha value is -3.06. The summed E-state index contributed by atoms with van der Waals surface area (Å²) >= 11 is 1.73. The van der Waals surface area contributed by atoms with Crippen LogP contribution >= 0.6 is 11.3 Å². The average Bonchev–Trinajstić information content (AvgIpc) is 3.05. The maximum atomic E-state index is 4.99. The van der Waals surface area contributed by atoms with Crippen molar-refractivity contribution in [2.45, 2.75) is 13.3 Å².